The molecule has 0 spiro atoms. The molecule has 7 unspecified atom stereocenters. The van der Waals surface area contributed by atoms with Gasteiger partial charge in [0, 0.05) is 5.66 Å². The Balaban J connectivity index is 1.66. The van der Waals surface area contributed by atoms with Crippen LogP contribution < -0.4 is 0 Å². The summed E-state index contributed by atoms with van der Waals surface area (Å²) >= 11 is 0. The fraction of sp³-hybridized carbons (Fsp3) is 0.875. The molecule has 0 saturated heterocycles. The smallest absolute Gasteiger partial charge is 0.0904 e. The minimum atomic E-state index is -1.87. The summed E-state index contributed by atoms with van der Waals surface area (Å²) in [6.07, 6.45) is 11.0. The van der Waals surface area contributed by atoms with E-state index in [1.807, 2.05) is 0 Å². The van der Waals surface area contributed by atoms with Gasteiger partial charge < -0.3 is 4.57 Å². The zero-order chi connectivity index (χ0) is 12.5. The van der Waals surface area contributed by atoms with Gasteiger partial charge in [-0.25, -0.2) is 0 Å². The third kappa shape index (κ3) is 1.28. The summed E-state index contributed by atoms with van der Waals surface area (Å²) < 4.78 is 13.1. The van der Waals surface area contributed by atoms with Gasteiger partial charge in [0.25, 0.3) is 0 Å². The number of rotatable bonds is 3. The maximum atomic E-state index is 13.1. The van der Waals surface area contributed by atoms with Gasteiger partial charge in [0.2, 0.25) is 0 Å². The van der Waals surface area contributed by atoms with Crippen LogP contribution in [0.15, 0.2) is 12.2 Å². The molecule has 3 fully saturated rings. The Morgan fingerprint density at radius 1 is 1.00 bits per heavy atom. The van der Waals surface area contributed by atoms with Crippen molar-refractivity contribution in [3.63, 3.8) is 0 Å². The quantitative estimate of drug-likeness (QED) is 0.423. The molecule has 0 aromatic carbocycles. The van der Waals surface area contributed by atoms with E-state index in [9.17, 15) is 4.57 Å². The second-order valence-electron chi connectivity index (χ2n) is 7.15. The van der Waals surface area contributed by atoms with Crippen LogP contribution >= 0.6 is 7.14 Å². The summed E-state index contributed by atoms with van der Waals surface area (Å²) in [6.45, 7) is 4.32. The molecule has 0 radical (unpaired) electrons. The van der Waals surface area contributed by atoms with Crippen molar-refractivity contribution in [1.29, 1.82) is 0 Å². The van der Waals surface area contributed by atoms with Crippen LogP contribution in [-0.2, 0) is 4.57 Å². The van der Waals surface area contributed by atoms with Gasteiger partial charge in [0.15, 0.2) is 0 Å². The first-order chi connectivity index (χ1) is 8.68. The van der Waals surface area contributed by atoms with E-state index in [4.69, 9.17) is 0 Å². The van der Waals surface area contributed by atoms with Crippen LogP contribution in [0, 0.1) is 35.5 Å². The molecule has 0 aliphatic heterocycles. The van der Waals surface area contributed by atoms with Crippen molar-refractivity contribution in [2.75, 3.05) is 12.3 Å². The first-order valence-corrected chi connectivity index (χ1v) is 10.1. The van der Waals surface area contributed by atoms with E-state index in [1.54, 1.807) is 0 Å². The van der Waals surface area contributed by atoms with Gasteiger partial charge in [-0.15, -0.1) is 0 Å². The van der Waals surface area contributed by atoms with Gasteiger partial charge in [0.1, 0.15) is 0 Å². The molecule has 0 amide bonds. The van der Waals surface area contributed by atoms with Crippen LogP contribution in [-0.4, -0.2) is 18.0 Å². The van der Waals surface area contributed by atoms with Crippen LogP contribution in [0.4, 0.5) is 0 Å². The van der Waals surface area contributed by atoms with E-state index < -0.39 is 7.14 Å². The second-order valence-corrected chi connectivity index (χ2v) is 11.0. The molecular weight excluding hydrogens is 239 g/mol. The maximum absolute atomic E-state index is 13.1. The Bertz CT molecular complexity index is 432. The topological polar surface area (TPSA) is 17.1 Å². The maximum Gasteiger partial charge on any atom is 0.0904 e. The van der Waals surface area contributed by atoms with Crippen LogP contribution in [0.3, 0.4) is 0 Å². The van der Waals surface area contributed by atoms with E-state index >= 15 is 0 Å². The van der Waals surface area contributed by atoms with Crippen LogP contribution in [0.2, 0.25) is 0 Å². The van der Waals surface area contributed by atoms with Gasteiger partial charge in [-0.05, 0) is 67.1 Å². The highest BCUT2D eigenvalue weighted by atomic mass is 31.2. The van der Waals surface area contributed by atoms with Crippen LogP contribution in [0.1, 0.15) is 33.1 Å². The summed E-state index contributed by atoms with van der Waals surface area (Å²) in [6, 6.07) is 0. The van der Waals surface area contributed by atoms with E-state index in [0.29, 0.717) is 5.66 Å². The zero-order valence-corrected chi connectivity index (χ0v) is 12.5. The van der Waals surface area contributed by atoms with Crippen LogP contribution in [0.25, 0.3) is 0 Å². The molecule has 0 N–H and O–H groups in total. The summed E-state index contributed by atoms with van der Waals surface area (Å²) in [7, 11) is -1.87. The molecule has 1 nitrogen and oxygen atoms in total. The lowest BCUT2D eigenvalue weighted by atomic mass is 9.73. The van der Waals surface area contributed by atoms with Crippen LogP contribution in [0.5, 0.6) is 0 Å². The Hall–Kier alpha value is -0.0300. The molecule has 0 aromatic heterocycles. The van der Waals surface area contributed by atoms with Gasteiger partial charge in [-0.1, -0.05) is 26.0 Å². The lowest BCUT2D eigenvalue weighted by Gasteiger charge is -2.39. The van der Waals surface area contributed by atoms with Gasteiger partial charge in [-0.2, -0.15) is 0 Å². The molecular formula is C16H25OP. The summed E-state index contributed by atoms with van der Waals surface area (Å²) in [5, 5.41) is 0. The number of hydrogen-bond acceptors (Lipinski definition) is 1. The molecule has 0 aromatic rings. The van der Waals surface area contributed by atoms with Crippen molar-refractivity contribution in [3.8, 4) is 0 Å². The zero-order valence-electron chi connectivity index (χ0n) is 11.6. The molecule has 4 aliphatic rings. The fourth-order valence-electron chi connectivity index (χ4n) is 6.21. The lowest BCUT2D eigenvalue weighted by Crippen LogP contribution is -2.34. The van der Waals surface area contributed by atoms with E-state index in [-0.39, 0.29) is 0 Å². The Morgan fingerprint density at radius 3 is 2.33 bits per heavy atom. The highest BCUT2D eigenvalue weighted by molar-refractivity contribution is 7.64. The lowest BCUT2D eigenvalue weighted by molar-refractivity contribution is 0.207. The van der Waals surface area contributed by atoms with Crippen molar-refractivity contribution >= 4 is 7.14 Å². The summed E-state index contributed by atoms with van der Waals surface area (Å²) in [5.41, 5.74) is 0.603. The third-order valence-corrected chi connectivity index (χ3v) is 10.9. The molecule has 4 aliphatic carbocycles. The minimum Gasteiger partial charge on any atom is -0.323 e. The monoisotopic (exact) mass is 264 g/mol. The third-order valence-electron chi connectivity index (χ3n) is 6.91. The van der Waals surface area contributed by atoms with Crippen molar-refractivity contribution in [2.45, 2.75) is 38.8 Å². The molecule has 2 heteroatoms. The van der Waals surface area contributed by atoms with E-state index in [2.05, 4.69) is 26.0 Å². The molecule has 100 valence electrons. The van der Waals surface area contributed by atoms with Crippen molar-refractivity contribution in [3.05, 3.63) is 12.2 Å². The molecule has 18 heavy (non-hydrogen) atoms. The summed E-state index contributed by atoms with van der Waals surface area (Å²) in [5.74, 6) is 5.43. The average molecular weight is 264 g/mol. The number of hydrogen-bond donors (Lipinski definition) is 0. The predicted molar refractivity (Wildman–Crippen MR) is 76.4 cm³/mol. The van der Waals surface area contributed by atoms with Gasteiger partial charge in [0.05, 0.1) is 7.14 Å². The highest BCUT2D eigenvalue weighted by Gasteiger charge is 2.63. The molecule has 3 saturated carbocycles. The Kier molecular flexibility index (Phi) is 2.45. The Morgan fingerprint density at radius 2 is 1.67 bits per heavy atom. The Labute approximate surface area is 111 Å². The average Bonchev–Trinajstić information content (AvgIpc) is 3.13. The SMILES string of the molecule is CCP(=O)(CC)C1CC2CC1C1C3C=CC(C3)C21. The first-order valence-electron chi connectivity index (χ1n) is 7.94. The van der Waals surface area contributed by atoms with E-state index in [0.717, 1.165) is 47.8 Å². The molecule has 4 bridgehead atoms. The highest BCUT2D eigenvalue weighted by Crippen LogP contribution is 2.72. The predicted octanol–water partition coefficient (Wildman–Crippen LogP) is 4.24. The standard InChI is InChI=1S/C16H25OP/c1-3-18(17,4-2)14-9-12-8-13(14)16-11-6-5-10(7-11)15(12)16/h5-6,10-16H,3-4,7-9H2,1-2H3. The largest absolute Gasteiger partial charge is 0.323 e. The van der Waals surface area contributed by atoms with Crippen molar-refractivity contribution < 1.29 is 4.57 Å². The molecule has 0 heterocycles. The normalized spacial score (nSPS) is 52.2. The minimum absolute atomic E-state index is 0.603. The van der Waals surface area contributed by atoms with Gasteiger partial charge >= 0.3 is 0 Å². The molecule has 4 rings (SSSR count). The number of allylic oxidation sites excluding steroid dienone is 2. The van der Waals surface area contributed by atoms with Crippen molar-refractivity contribution in [2.24, 2.45) is 35.5 Å². The fourth-order valence-corrected chi connectivity index (χ4v) is 9.27. The first kappa shape index (κ1) is 11.8. The van der Waals surface area contributed by atoms with Gasteiger partial charge in [-0.3, -0.25) is 0 Å². The molecule has 7 atom stereocenters. The van der Waals surface area contributed by atoms with E-state index in [1.165, 1.54) is 19.3 Å². The summed E-state index contributed by atoms with van der Waals surface area (Å²) in [4.78, 5) is 0. The second kappa shape index (κ2) is 3.75. The number of fused-ring (bicyclic) bond motifs is 9. The van der Waals surface area contributed by atoms with Crippen molar-refractivity contribution in [1.82, 2.24) is 0 Å².